The topological polar surface area (TPSA) is 85.8 Å². The van der Waals surface area contributed by atoms with Crippen molar-refractivity contribution in [3.05, 3.63) is 52.7 Å². The van der Waals surface area contributed by atoms with Crippen molar-refractivity contribution in [2.75, 3.05) is 5.32 Å². The lowest BCUT2D eigenvalue weighted by molar-refractivity contribution is 0.0995. The second-order valence-electron chi connectivity index (χ2n) is 4.62. The summed E-state index contributed by atoms with van der Waals surface area (Å²) in [6.07, 6.45) is 4.73. The lowest BCUT2D eigenvalue weighted by Gasteiger charge is -2.05. The maximum absolute atomic E-state index is 11.9. The average Bonchev–Trinajstić information content (AvgIpc) is 3.08. The van der Waals surface area contributed by atoms with Crippen LogP contribution in [0.15, 0.2) is 39.9 Å². The molecule has 3 heterocycles. The number of rotatable bonds is 3. The molecule has 0 saturated carbocycles. The monoisotopic (exact) mass is 361 g/mol. The van der Waals surface area contributed by atoms with Crippen LogP contribution >= 0.6 is 15.9 Å². The third-order valence-corrected chi connectivity index (χ3v) is 3.59. The van der Waals surface area contributed by atoms with Gasteiger partial charge in [0.25, 0.3) is 5.91 Å². The van der Waals surface area contributed by atoms with Crippen LogP contribution in [0.25, 0.3) is 5.95 Å². The van der Waals surface area contributed by atoms with E-state index in [1.54, 1.807) is 23.0 Å². The van der Waals surface area contributed by atoms with Crippen LogP contribution in [0.2, 0.25) is 0 Å². The van der Waals surface area contributed by atoms with E-state index in [0.29, 0.717) is 16.3 Å². The Balaban J connectivity index is 1.77. The number of carbonyl (C=O) groups excluding carboxylic acids is 1. The summed E-state index contributed by atoms with van der Waals surface area (Å²) in [5.41, 5.74) is 2.37. The number of hydrogen-bond donors (Lipinski definition) is 1. The van der Waals surface area contributed by atoms with Crippen molar-refractivity contribution in [3.8, 4) is 5.95 Å². The number of furan rings is 1. The van der Waals surface area contributed by atoms with Gasteiger partial charge in [-0.3, -0.25) is 9.36 Å². The van der Waals surface area contributed by atoms with Gasteiger partial charge in [0.05, 0.1) is 23.8 Å². The van der Waals surface area contributed by atoms with Gasteiger partial charge >= 0.3 is 0 Å². The molecule has 8 heteroatoms. The molecule has 0 atom stereocenters. The van der Waals surface area contributed by atoms with Crippen LogP contribution in [0.1, 0.15) is 21.9 Å². The molecule has 112 valence electrons. The molecule has 0 saturated heterocycles. The smallest absolute Gasteiger partial charge is 0.291 e. The van der Waals surface area contributed by atoms with E-state index in [9.17, 15) is 4.79 Å². The number of nitrogens with zero attached hydrogens (tertiary/aromatic N) is 4. The van der Waals surface area contributed by atoms with Crippen molar-refractivity contribution in [1.29, 1.82) is 0 Å². The molecule has 3 aromatic heterocycles. The number of aryl methyl sites for hydroxylation is 1. The first-order valence-electron chi connectivity index (χ1n) is 6.44. The van der Waals surface area contributed by atoms with Crippen molar-refractivity contribution in [1.82, 2.24) is 19.5 Å². The molecule has 3 rings (SSSR count). The Morgan fingerprint density at radius 2 is 1.95 bits per heavy atom. The summed E-state index contributed by atoms with van der Waals surface area (Å²) in [6.45, 7) is 3.86. The standard InChI is InChI=1S/C14H12BrN5O2/c1-8-9(2)20(7-18-8)14-16-5-10(6-17-14)19-13(21)11-3-4-12(15)22-11/h3-7H,1-2H3,(H,19,21). The first-order valence-corrected chi connectivity index (χ1v) is 7.23. The molecule has 0 fully saturated rings. The molecule has 3 aromatic rings. The van der Waals surface area contributed by atoms with Gasteiger partial charge in [0.15, 0.2) is 10.4 Å². The van der Waals surface area contributed by atoms with E-state index in [4.69, 9.17) is 4.42 Å². The van der Waals surface area contributed by atoms with Gasteiger partial charge in [-0.15, -0.1) is 0 Å². The van der Waals surface area contributed by atoms with Gasteiger partial charge in [-0.2, -0.15) is 0 Å². The van der Waals surface area contributed by atoms with Gasteiger partial charge in [0.2, 0.25) is 5.95 Å². The van der Waals surface area contributed by atoms with Gasteiger partial charge in [-0.05, 0) is 41.9 Å². The Kier molecular flexibility index (Phi) is 3.76. The number of halogens is 1. The van der Waals surface area contributed by atoms with E-state index in [0.717, 1.165) is 11.4 Å². The van der Waals surface area contributed by atoms with E-state index in [1.807, 2.05) is 13.8 Å². The number of amides is 1. The molecule has 1 amide bonds. The van der Waals surface area contributed by atoms with E-state index >= 15 is 0 Å². The zero-order valence-corrected chi connectivity index (χ0v) is 13.5. The van der Waals surface area contributed by atoms with Gasteiger partial charge < -0.3 is 9.73 Å². The van der Waals surface area contributed by atoms with E-state index < -0.39 is 0 Å². The van der Waals surface area contributed by atoms with Crippen LogP contribution in [-0.2, 0) is 0 Å². The summed E-state index contributed by atoms with van der Waals surface area (Å²) in [5.74, 6) is 0.338. The second kappa shape index (κ2) is 5.72. The molecular formula is C14H12BrN5O2. The van der Waals surface area contributed by atoms with Crippen LogP contribution in [0, 0.1) is 13.8 Å². The first kappa shape index (κ1) is 14.5. The molecule has 0 aliphatic heterocycles. The Bertz CT molecular complexity index is 822. The van der Waals surface area contributed by atoms with Crippen LogP contribution in [0.3, 0.4) is 0 Å². The molecular weight excluding hydrogens is 350 g/mol. The minimum atomic E-state index is -0.364. The van der Waals surface area contributed by atoms with Crippen molar-refractivity contribution in [3.63, 3.8) is 0 Å². The van der Waals surface area contributed by atoms with Crippen molar-refractivity contribution >= 4 is 27.5 Å². The third-order valence-electron chi connectivity index (χ3n) is 3.16. The van der Waals surface area contributed by atoms with Gasteiger partial charge in [0, 0.05) is 5.69 Å². The number of nitrogens with one attached hydrogen (secondary N) is 1. The van der Waals surface area contributed by atoms with Crippen molar-refractivity contribution in [2.45, 2.75) is 13.8 Å². The molecule has 0 radical (unpaired) electrons. The second-order valence-corrected chi connectivity index (χ2v) is 5.40. The minimum Gasteiger partial charge on any atom is -0.444 e. The molecule has 0 aliphatic carbocycles. The zero-order chi connectivity index (χ0) is 15.7. The summed E-state index contributed by atoms with van der Waals surface area (Å²) >= 11 is 3.15. The lowest BCUT2D eigenvalue weighted by atomic mass is 10.4. The van der Waals surface area contributed by atoms with Crippen LogP contribution in [-0.4, -0.2) is 25.4 Å². The fourth-order valence-corrected chi connectivity index (χ4v) is 2.15. The van der Waals surface area contributed by atoms with Crippen LogP contribution in [0.5, 0.6) is 0 Å². The van der Waals surface area contributed by atoms with E-state index in [2.05, 4.69) is 36.2 Å². The molecule has 0 unspecified atom stereocenters. The highest BCUT2D eigenvalue weighted by Crippen LogP contribution is 2.16. The average molecular weight is 362 g/mol. The summed E-state index contributed by atoms with van der Waals surface area (Å²) in [4.78, 5) is 24.6. The highest BCUT2D eigenvalue weighted by atomic mass is 79.9. The Morgan fingerprint density at radius 3 is 2.50 bits per heavy atom. The Labute approximate surface area is 134 Å². The highest BCUT2D eigenvalue weighted by molar-refractivity contribution is 9.10. The van der Waals surface area contributed by atoms with Crippen molar-refractivity contribution < 1.29 is 9.21 Å². The largest absolute Gasteiger partial charge is 0.444 e. The number of carbonyl (C=O) groups is 1. The van der Waals surface area contributed by atoms with Crippen LogP contribution < -0.4 is 5.32 Å². The molecule has 0 aliphatic rings. The Morgan fingerprint density at radius 1 is 1.23 bits per heavy atom. The predicted molar refractivity (Wildman–Crippen MR) is 83.0 cm³/mol. The first-order chi connectivity index (χ1) is 10.5. The number of hydrogen-bond acceptors (Lipinski definition) is 5. The summed E-state index contributed by atoms with van der Waals surface area (Å²) in [5, 5.41) is 2.67. The van der Waals surface area contributed by atoms with Crippen LogP contribution in [0.4, 0.5) is 5.69 Å². The molecule has 0 bridgehead atoms. The number of imidazole rings is 1. The van der Waals surface area contributed by atoms with Gasteiger partial charge in [-0.25, -0.2) is 15.0 Å². The minimum absolute atomic E-state index is 0.206. The summed E-state index contributed by atoms with van der Waals surface area (Å²) in [6, 6.07) is 3.23. The van der Waals surface area contributed by atoms with E-state index in [1.165, 1.54) is 12.4 Å². The highest BCUT2D eigenvalue weighted by Gasteiger charge is 2.12. The predicted octanol–water partition coefficient (Wildman–Crippen LogP) is 2.89. The molecule has 7 nitrogen and oxygen atoms in total. The lowest BCUT2D eigenvalue weighted by Crippen LogP contribution is -2.12. The van der Waals surface area contributed by atoms with E-state index in [-0.39, 0.29) is 11.7 Å². The fraction of sp³-hybridized carbons (Fsp3) is 0.143. The maximum Gasteiger partial charge on any atom is 0.291 e. The number of aromatic nitrogens is 4. The summed E-state index contributed by atoms with van der Waals surface area (Å²) in [7, 11) is 0. The molecule has 22 heavy (non-hydrogen) atoms. The Hall–Kier alpha value is -2.48. The molecule has 1 N–H and O–H groups in total. The molecule has 0 spiro atoms. The van der Waals surface area contributed by atoms with Crippen molar-refractivity contribution in [2.24, 2.45) is 0 Å². The maximum atomic E-state index is 11.9. The summed E-state index contributed by atoms with van der Waals surface area (Å²) < 4.78 is 7.46. The number of anilines is 1. The third kappa shape index (κ3) is 2.77. The van der Waals surface area contributed by atoms with Gasteiger partial charge in [-0.1, -0.05) is 0 Å². The SMILES string of the molecule is Cc1ncn(-c2ncc(NC(=O)c3ccc(Br)o3)cn2)c1C. The normalized spacial score (nSPS) is 10.7. The quantitative estimate of drug-likeness (QED) is 0.774. The van der Waals surface area contributed by atoms with Gasteiger partial charge in [0.1, 0.15) is 6.33 Å². The zero-order valence-electron chi connectivity index (χ0n) is 11.9. The fourth-order valence-electron chi connectivity index (χ4n) is 1.84. The molecule has 0 aromatic carbocycles.